The highest BCUT2D eigenvalue weighted by Gasteiger charge is 2.02. The van der Waals surface area contributed by atoms with Gasteiger partial charge in [-0.25, -0.2) is 4.98 Å². The summed E-state index contributed by atoms with van der Waals surface area (Å²) in [6.45, 7) is 2.55. The van der Waals surface area contributed by atoms with Crippen molar-refractivity contribution in [1.29, 1.82) is 0 Å². The Morgan fingerprint density at radius 3 is 2.73 bits per heavy atom. The Balaban J connectivity index is 1.98. The van der Waals surface area contributed by atoms with Crippen molar-refractivity contribution in [3.8, 4) is 5.75 Å². The number of fused-ring (bicyclic) bond motifs is 1. The SMILES string of the molecule is CCOc1ccccc1/C=C/c1nc2ccccc2c(=O)[nH]1. The second-order valence-corrected chi connectivity index (χ2v) is 4.77. The van der Waals surface area contributed by atoms with Gasteiger partial charge in [0.15, 0.2) is 0 Å². The summed E-state index contributed by atoms with van der Waals surface area (Å²) in [5.74, 6) is 1.33. The van der Waals surface area contributed by atoms with Gasteiger partial charge in [-0.05, 0) is 37.3 Å². The van der Waals surface area contributed by atoms with Gasteiger partial charge < -0.3 is 9.72 Å². The number of rotatable bonds is 4. The number of ether oxygens (including phenoxy) is 1. The van der Waals surface area contributed by atoms with Gasteiger partial charge in [0.05, 0.1) is 17.5 Å². The lowest BCUT2D eigenvalue weighted by Crippen LogP contribution is -2.09. The summed E-state index contributed by atoms with van der Waals surface area (Å²) in [7, 11) is 0. The van der Waals surface area contributed by atoms with E-state index in [1.807, 2.05) is 55.5 Å². The monoisotopic (exact) mass is 292 g/mol. The first-order valence-electron chi connectivity index (χ1n) is 7.17. The molecule has 0 radical (unpaired) electrons. The Hall–Kier alpha value is -2.88. The fraction of sp³-hybridized carbons (Fsp3) is 0.111. The van der Waals surface area contributed by atoms with Gasteiger partial charge in [0.25, 0.3) is 5.56 Å². The molecule has 0 saturated heterocycles. The molecule has 0 fully saturated rings. The van der Waals surface area contributed by atoms with Gasteiger partial charge in [0, 0.05) is 5.56 Å². The van der Waals surface area contributed by atoms with Crippen LogP contribution in [0.15, 0.2) is 53.3 Å². The molecule has 0 aliphatic carbocycles. The van der Waals surface area contributed by atoms with Crippen molar-refractivity contribution >= 4 is 23.1 Å². The minimum Gasteiger partial charge on any atom is -0.493 e. The number of H-pyrrole nitrogens is 1. The number of hydrogen-bond acceptors (Lipinski definition) is 3. The van der Waals surface area contributed by atoms with Crippen LogP contribution in [0.4, 0.5) is 0 Å². The Morgan fingerprint density at radius 1 is 1.09 bits per heavy atom. The quantitative estimate of drug-likeness (QED) is 0.800. The van der Waals surface area contributed by atoms with Crippen molar-refractivity contribution in [2.75, 3.05) is 6.61 Å². The molecular formula is C18H16N2O2. The molecule has 22 heavy (non-hydrogen) atoms. The van der Waals surface area contributed by atoms with Crippen LogP contribution in [0.5, 0.6) is 5.75 Å². The summed E-state index contributed by atoms with van der Waals surface area (Å²) in [6, 6.07) is 15.0. The molecule has 0 bridgehead atoms. The van der Waals surface area contributed by atoms with Crippen molar-refractivity contribution in [3.05, 3.63) is 70.3 Å². The van der Waals surface area contributed by atoms with Crippen LogP contribution in [-0.4, -0.2) is 16.6 Å². The first kappa shape index (κ1) is 14.1. The topological polar surface area (TPSA) is 55.0 Å². The molecule has 0 aliphatic rings. The number of hydrogen-bond donors (Lipinski definition) is 1. The highest BCUT2D eigenvalue weighted by atomic mass is 16.5. The van der Waals surface area contributed by atoms with E-state index in [4.69, 9.17) is 4.74 Å². The average Bonchev–Trinajstić information content (AvgIpc) is 2.54. The summed E-state index contributed by atoms with van der Waals surface area (Å²) >= 11 is 0. The maximum absolute atomic E-state index is 12.0. The van der Waals surface area contributed by atoms with Crippen LogP contribution in [0.2, 0.25) is 0 Å². The number of para-hydroxylation sites is 2. The molecular weight excluding hydrogens is 276 g/mol. The van der Waals surface area contributed by atoms with E-state index in [2.05, 4.69) is 9.97 Å². The van der Waals surface area contributed by atoms with Gasteiger partial charge in [-0.15, -0.1) is 0 Å². The van der Waals surface area contributed by atoms with Crippen molar-refractivity contribution in [1.82, 2.24) is 9.97 Å². The standard InChI is InChI=1S/C18H16N2O2/c1-2-22-16-10-6-3-7-13(16)11-12-17-19-15-9-5-4-8-14(15)18(21)20-17/h3-12H,2H2,1H3,(H,19,20,21)/b12-11+. The molecule has 3 rings (SSSR count). The number of benzene rings is 2. The highest BCUT2D eigenvalue weighted by Crippen LogP contribution is 2.20. The normalized spacial score (nSPS) is 11.1. The van der Waals surface area contributed by atoms with Crippen LogP contribution in [-0.2, 0) is 0 Å². The fourth-order valence-corrected chi connectivity index (χ4v) is 2.26. The Kier molecular flexibility index (Phi) is 4.01. The number of aromatic amines is 1. The van der Waals surface area contributed by atoms with Crippen molar-refractivity contribution < 1.29 is 4.74 Å². The largest absolute Gasteiger partial charge is 0.493 e. The smallest absolute Gasteiger partial charge is 0.259 e. The molecule has 1 N–H and O–H groups in total. The Bertz CT molecular complexity index is 881. The second kappa shape index (κ2) is 6.26. The highest BCUT2D eigenvalue weighted by molar-refractivity contribution is 5.79. The van der Waals surface area contributed by atoms with Gasteiger partial charge in [0.2, 0.25) is 0 Å². The summed E-state index contributed by atoms with van der Waals surface area (Å²) in [5.41, 5.74) is 1.49. The third-order valence-electron chi connectivity index (χ3n) is 3.27. The molecule has 1 heterocycles. The molecule has 3 aromatic rings. The van der Waals surface area contributed by atoms with Crippen LogP contribution < -0.4 is 10.3 Å². The molecule has 0 atom stereocenters. The molecule has 0 saturated carbocycles. The van der Waals surface area contributed by atoms with Crippen LogP contribution >= 0.6 is 0 Å². The van der Waals surface area contributed by atoms with Crippen molar-refractivity contribution in [2.45, 2.75) is 6.92 Å². The summed E-state index contributed by atoms with van der Waals surface area (Å²) in [6.07, 6.45) is 3.67. The number of nitrogens with zero attached hydrogens (tertiary/aromatic N) is 1. The van der Waals surface area contributed by atoms with Crippen LogP contribution in [0.1, 0.15) is 18.3 Å². The molecule has 0 unspecified atom stereocenters. The van der Waals surface area contributed by atoms with E-state index in [9.17, 15) is 4.79 Å². The predicted molar refractivity (Wildman–Crippen MR) is 88.9 cm³/mol. The fourth-order valence-electron chi connectivity index (χ4n) is 2.26. The molecule has 0 spiro atoms. The maximum Gasteiger partial charge on any atom is 0.259 e. The van der Waals surface area contributed by atoms with E-state index >= 15 is 0 Å². The summed E-state index contributed by atoms with van der Waals surface area (Å²) in [4.78, 5) is 19.2. The van der Waals surface area contributed by atoms with Gasteiger partial charge in [0.1, 0.15) is 11.6 Å². The van der Waals surface area contributed by atoms with E-state index < -0.39 is 0 Å². The molecule has 2 aromatic carbocycles. The summed E-state index contributed by atoms with van der Waals surface area (Å²) < 4.78 is 5.58. The lowest BCUT2D eigenvalue weighted by Gasteiger charge is -2.06. The Morgan fingerprint density at radius 2 is 1.86 bits per heavy atom. The third kappa shape index (κ3) is 2.91. The van der Waals surface area contributed by atoms with Crippen LogP contribution in [0, 0.1) is 0 Å². The summed E-state index contributed by atoms with van der Waals surface area (Å²) in [5, 5.41) is 0.592. The molecule has 4 nitrogen and oxygen atoms in total. The molecule has 1 aromatic heterocycles. The average molecular weight is 292 g/mol. The van der Waals surface area contributed by atoms with Gasteiger partial charge >= 0.3 is 0 Å². The van der Waals surface area contributed by atoms with Gasteiger partial charge in [-0.3, -0.25) is 4.79 Å². The van der Waals surface area contributed by atoms with Crippen LogP contribution in [0.3, 0.4) is 0 Å². The zero-order valence-corrected chi connectivity index (χ0v) is 12.2. The van der Waals surface area contributed by atoms with Crippen molar-refractivity contribution in [3.63, 3.8) is 0 Å². The molecule has 0 amide bonds. The third-order valence-corrected chi connectivity index (χ3v) is 3.27. The zero-order valence-electron chi connectivity index (χ0n) is 12.2. The van der Waals surface area contributed by atoms with E-state index in [1.54, 1.807) is 12.1 Å². The van der Waals surface area contributed by atoms with E-state index in [0.29, 0.717) is 23.3 Å². The molecule has 0 aliphatic heterocycles. The van der Waals surface area contributed by atoms with Crippen LogP contribution in [0.25, 0.3) is 23.1 Å². The van der Waals surface area contributed by atoms with E-state index in [0.717, 1.165) is 11.3 Å². The Labute approximate surface area is 128 Å². The first-order valence-corrected chi connectivity index (χ1v) is 7.17. The van der Waals surface area contributed by atoms with Crippen molar-refractivity contribution in [2.24, 2.45) is 0 Å². The minimum atomic E-state index is -0.136. The molecule has 110 valence electrons. The number of nitrogens with one attached hydrogen (secondary N) is 1. The lowest BCUT2D eigenvalue weighted by atomic mass is 10.2. The van der Waals surface area contributed by atoms with E-state index in [1.165, 1.54) is 0 Å². The predicted octanol–water partition coefficient (Wildman–Crippen LogP) is 3.49. The van der Waals surface area contributed by atoms with Gasteiger partial charge in [-0.1, -0.05) is 30.3 Å². The van der Waals surface area contributed by atoms with E-state index in [-0.39, 0.29) is 5.56 Å². The zero-order chi connectivity index (χ0) is 15.4. The minimum absolute atomic E-state index is 0.136. The first-order chi connectivity index (χ1) is 10.8. The lowest BCUT2D eigenvalue weighted by molar-refractivity contribution is 0.339. The number of aromatic nitrogens is 2. The second-order valence-electron chi connectivity index (χ2n) is 4.77. The maximum atomic E-state index is 12.0. The van der Waals surface area contributed by atoms with Gasteiger partial charge in [-0.2, -0.15) is 0 Å². The molecule has 4 heteroatoms.